The van der Waals surface area contributed by atoms with Gasteiger partial charge in [-0.2, -0.15) is 0 Å². The molecule has 1 aromatic heterocycles. The van der Waals surface area contributed by atoms with E-state index in [9.17, 15) is 14.3 Å². The number of para-hydroxylation sites is 1. The summed E-state index contributed by atoms with van der Waals surface area (Å²) in [6.07, 6.45) is -0.115. The summed E-state index contributed by atoms with van der Waals surface area (Å²) in [6, 6.07) is 13.6. The maximum atomic E-state index is 13.1. The number of hydrogen-bond donors (Lipinski definition) is 1. The van der Waals surface area contributed by atoms with Crippen LogP contribution in [0.1, 0.15) is 11.1 Å². The Morgan fingerprint density at radius 1 is 1.14 bits per heavy atom. The number of aromatic nitrogens is 1. The molecule has 0 saturated heterocycles. The van der Waals surface area contributed by atoms with Crippen molar-refractivity contribution in [2.24, 2.45) is 0 Å². The maximum Gasteiger partial charge on any atom is 0.307 e. The number of pyridine rings is 1. The predicted molar refractivity (Wildman–Crippen MR) is 83.2 cm³/mol. The van der Waals surface area contributed by atoms with E-state index in [4.69, 9.17) is 0 Å². The maximum absolute atomic E-state index is 13.1. The minimum absolute atomic E-state index is 0.115. The lowest BCUT2D eigenvalue weighted by molar-refractivity contribution is -0.136. The quantitative estimate of drug-likeness (QED) is 0.795. The highest BCUT2D eigenvalue weighted by Crippen LogP contribution is 2.30. The van der Waals surface area contributed by atoms with Crippen LogP contribution >= 0.6 is 0 Å². The first-order valence-electron chi connectivity index (χ1n) is 6.92. The molecule has 0 atom stereocenters. The van der Waals surface area contributed by atoms with Crippen LogP contribution in [-0.2, 0) is 11.2 Å². The van der Waals surface area contributed by atoms with Crippen molar-refractivity contribution >= 4 is 16.9 Å². The molecule has 22 heavy (non-hydrogen) atoms. The topological polar surface area (TPSA) is 50.2 Å². The van der Waals surface area contributed by atoms with Crippen molar-refractivity contribution in [3.8, 4) is 11.3 Å². The number of fused-ring (bicyclic) bond motifs is 1. The van der Waals surface area contributed by atoms with E-state index in [1.807, 2.05) is 31.2 Å². The molecule has 1 N–H and O–H groups in total. The number of carboxylic acids is 1. The Morgan fingerprint density at radius 2 is 1.82 bits per heavy atom. The summed E-state index contributed by atoms with van der Waals surface area (Å²) in [5.41, 5.74) is 3.67. The fourth-order valence-corrected chi connectivity index (χ4v) is 2.63. The molecule has 3 aromatic rings. The molecule has 4 heteroatoms. The summed E-state index contributed by atoms with van der Waals surface area (Å²) < 4.78 is 13.1. The van der Waals surface area contributed by atoms with Crippen LogP contribution in [0, 0.1) is 12.7 Å². The first kappa shape index (κ1) is 14.2. The molecule has 0 bridgehead atoms. The van der Waals surface area contributed by atoms with E-state index in [-0.39, 0.29) is 12.2 Å². The zero-order valence-corrected chi connectivity index (χ0v) is 12.0. The largest absolute Gasteiger partial charge is 0.481 e. The third-order valence-electron chi connectivity index (χ3n) is 3.72. The van der Waals surface area contributed by atoms with Gasteiger partial charge in [0.05, 0.1) is 17.6 Å². The van der Waals surface area contributed by atoms with E-state index in [2.05, 4.69) is 4.98 Å². The second-order valence-corrected chi connectivity index (χ2v) is 5.16. The Balaban J connectivity index is 2.30. The third kappa shape index (κ3) is 2.55. The van der Waals surface area contributed by atoms with Gasteiger partial charge in [-0.3, -0.25) is 4.79 Å². The van der Waals surface area contributed by atoms with Crippen LogP contribution in [0.5, 0.6) is 0 Å². The number of benzene rings is 2. The van der Waals surface area contributed by atoms with Gasteiger partial charge >= 0.3 is 5.97 Å². The van der Waals surface area contributed by atoms with Crippen molar-refractivity contribution in [1.82, 2.24) is 4.98 Å². The van der Waals surface area contributed by atoms with E-state index in [0.717, 1.165) is 16.5 Å². The van der Waals surface area contributed by atoms with Crippen LogP contribution in [0.2, 0.25) is 0 Å². The summed E-state index contributed by atoms with van der Waals surface area (Å²) in [4.78, 5) is 15.8. The molecule has 0 radical (unpaired) electrons. The van der Waals surface area contributed by atoms with Gasteiger partial charge in [-0.15, -0.1) is 0 Å². The molecule has 2 aromatic carbocycles. The second kappa shape index (κ2) is 5.56. The third-order valence-corrected chi connectivity index (χ3v) is 3.72. The highest BCUT2D eigenvalue weighted by atomic mass is 19.1. The van der Waals surface area contributed by atoms with Gasteiger partial charge in [0.15, 0.2) is 0 Å². The van der Waals surface area contributed by atoms with Crippen LogP contribution in [0.4, 0.5) is 4.39 Å². The van der Waals surface area contributed by atoms with Gasteiger partial charge in [-0.1, -0.05) is 18.2 Å². The van der Waals surface area contributed by atoms with Gasteiger partial charge in [0.25, 0.3) is 0 Å². The molecule has 0 amide bonds. The molecule has 0 aliphatic carbocycles. The number of carbonyl (C=O) groups is 1. The Hall–Kier alpha value is -2.75. The number of hydrogen-bond acceptors (Lipinski definition) is 2. The van der Waals surface area contributed by atoms with Gasteiger partial charge < -0.3 is 5.11 Å². The summed E-state index contributed by atoms with van der Waals surface area (Å²) >= 11 is 0. The lowest BCUT2D eigenvalue weighted by Gasteiger charge is -2.13. The minimum Gasteiger partial charge on any atom is -0.481 e. The van der Waals surface area contributed by atoms with Crippen LogP contribution < -0.4 is 0 Å². The van der Waals surface area contributed by atoms with Crippen molar-refractivity contribution in [3.63, 3.8) is 0 Å². The fourth-order valence-electron chi connectivity index (χ4n) is 2.63. The van der Waals surface area contributed by atoms with Crippen molar-refractivity contribution in [2.75, 3.05) is 0 Å². The Morgan fingerprint density at radius 3 is 2.50 bits per heavy atom. The Kier molecular flexibility index (Phi) is 3.59. The molecule has 1 heterocycles. The van der Waals surface area contributed by atoms with E-state index in [1.165, 1.54) is 12.1 Å². The average molecular weight is 295 g/mol. The van der Waals surface area contributed by atoms with Crippen molar-refractivity contribution in [2.45, 2.75) is 13.3 Å². The molecule has 0 aliphatic heterocycles. The lowest BCUT2D eigenvalue weighted by Crippen LogP contribution is -2.06. The molecule has 0 spiro atoms. The lowest BCUT2D eigenvalue weighted by atomic mass is 9.95. The van der Waals surface area contributed by atoms with Crippen LogP contribution in [-0.4, -0.2) is 16.1 Å². The summed E-state index contributed by atoms with van der Waals surface area (Å²) in [5.74, 6) is -1.25. The molecular formula is C18H14FNO2. The van der Waals surface area contributed by atoms with Gasteiger partial charge in [0.2, 0.25) is 0 Å². The second-order valence-electron chi connectivity index (χ2n) is 5.16. The highest BCUT2D eigenvalue weighted by Gasteiger charge is 2.16. The zero-order valence-electron chi connectivity index (χ0n) is 12.0. The minimum atomic E-state index is -0.913. The van der Waals surface area contributed by atoms with Gasteiger partial charge in [0.1, 0.15) is 5.82 Å². The SMILES string of the molecule is Cc1c(CC(=O)O)c(-c2ccc(F)cc2)nc2ccccc12. The molecule has 0 fully saturated rings. The van der Waals surface area contributed by atoms with E-state index in [1.54, 1.807) is 12.1 Å². The standard InChI is InChI=1S/C18H14FNO2/c1-11-14-4-2-3-5-16(14)20-18(15(11)10-17(21)22)12-6-8-13(19)9-7-12/h2-9H,10H2,1H3,(H,21,22). The highest BCUT2D eigenvalue weighted by molar-refractivity contribution is 5.89. The average Bonchev–Trinajstić information content (AvgIpc) is 2.50. The van der Waals surface area contributed by atoms with Crippen molar-refractivity contribution in [3.05, 3.63) is 65.5 Å². The van der Waals surface area contributed by atoms with Gasteiger partial charge in [-0.05, 0) is 48.4 Å². The summed E-state index contributed by atoms with van der Waals surface area (Å²) in [7, 11) is 0. The first-order chi connectivity index (χ1) is 10.6. The summed E-state index contributed by atoms with van der Waals surface area (Å²) in [6.45, 7) is 1.90. The summed E-state index contributed by atoms with van der Waals surface area (Å²) in [5, 5.41) is 10.1. The van der Waals surface area contributed by atoms with E-state index in [0.29, 0.717) is 16.8 Å². The van der Waals surface area contributed by atoms with Crippen LogP contribution in [0.15, 0.2) is 48.5 Å². The molecule has 3 nitrogen and oxygen atoms in total. The molecule has 3 rings (SSSR count). The monoisotopic (exact) mass is 295 g/mol. The Labute approximate surface area is 127 Å². The van der Waals surface area contributed by atoms with E-state index >= 15 is 0 Å². The van der Waals surface area contributed by atoms with Gasteiger partial charge in [0, 0.05) is 10.9 Å². The molecule has 0 unspecified atom stereocenters. The van der Waals surface area contributed by atoms with Crippen molar-refractivity contribution < 1.29 is 14.3 Å². The first-order valence-corrected chi connectivity index (χ1v) is 6.92. The number of aliphatic carboxylic acids is 1. The number of nitrogens with zero attached hydrogens (tertiary/aromatic N) is 1. The van der Waals surface area contributed by atoms with Crippen molar-refractivity contribution in [1.29, 1.82) is 0 Å². The number of aryl methyl sites for hydroxylation is 1. The zero-order chi connectivity index (χ0) is 15.7. The smallest absolute Gasteiger partial charge is 0.307 e. The van der Waals surface area contributed by atoms with Crippen LogP contribution in [0.3, 0.4) is 0 Å². The number of halogens is 1. The normalized spacial score (nSPS) is 10.8. The van der Waals surface area contributed by atoms with Crippen LogP contribution in [0.25, 0.3) is 22.2 Å². The predicted octanol–water partition coefficient (Wildman–Crippen LogP) is 3.98. The number of rotatable bonds is 3. The molecule has 110 valence electrons. The molecule has 0 saturated carbocycles. The fraction of sp³-hybridized carbons (Fsp3) is 0.111. The van der Waals surface area contributed by atoms with Gasteiger partial charge in [-0.25, -0.2) is 9.37 Å². The van der Waals surface area contributed by atoms with E-state index < -0.39 is 5.97 Å². The Bertz CT molecular complexity index is 857. The number of carboxylic acid groups (broad SMARTS) is 1. The molecule has 0 aliphatic rings. The molecular weight excluding hydrogens is 281 g/mol.